The summed E-state index contributed by atoms with van der Waals surface area (Å²) in [5.74, 6) is 0.413. The van der Waals surface area contributed by atoms with Crippen LogP contribution in [0, 0.1) is 0 Å². The molecule has 136 valence electrons. The average Bonchev–Trinajstić information content (AvgIpc) is 3.35. The Morgan fingerprint density at radius 2 is 1.96 bits per heavy atom. The molecule has 1 aliphatic rings. The highest BCUT2D eigenvalue weighted by atomic mass is 79.9. The number of para-hydroxylation sites is 1. The number of nitrogens with one attached hydrogen (secondary N) is 3. The second-order valence-corrected chi connectivity index (χ2v) is 8.25. The van der Waals surface area contributed by atoms with E-state index in [4.69, 9.17) is 0 Å². The number of hydrogen-bond acceptors (Lipinski definition) is 1. The minimum Gasteiger partial charge on any atom is -0.378 e. The molecular formula is C23H22BrN3. The molecule has 2 heterocycles. The van der Waals surface area contributed by atoms with E-state index in [0.717, 1.165) is 16.6 Å². The highest BCUT2D eigenvalue weighted by Gasteiger charge is 2.32. The summed E-state index contributed by atoms with van der Waals surface area (Å²) in [6, 6.07) is 19.5. The smallest absolute Gasteiger partial charge is 0.0611 e. The Hall–Kier alpha value is -2.46. The molecule has 2 unspecified atom stereocenters. The van der Waals surface area contributed by atoms with Crippen molar-refractivity contribution in [2.45, 2.75) is 31.2 Å². The van der Waals surface area contributed by atoms with Crippen molar-refractivity contribution in [2.24, 2.45) is 0 Å². The van der Waals surface area contributed by atoms with Crippen LogP contribution in [0.1, 0.15) is 41.6 Å². The number of aromatic nitrogens is 2. The molecule has 0 radical (unpaired) electrons. The number of anilines is 1. The number of hydrogen-bond donors (Lipinski definition) is 3. The minimum atomic E-state index is 0.231. The fourth-order valence-corrected chi connectivity index (χ4v) is 4.82. The quantitative estimate of drug-likeness (QED) is 0.345. The molecule has 0 saturated heterocycles. The van der Waals surface area contributed by atoms with E-state index in [9.17, 15) is 0 Å². The van der Waals surface area contributed by atoms with E-state index in [1.807, 2.05) is 6.20 Å². The van der Waals surface area contributed by atoms with Crippen LogP contribution in [0.15, 0.2) is 71.5 Å². The first kappa shape index (κ1) is 16.7. The molecule has 2 atom stereocenters. The minimum absolute atomic E-state index is 0.231. The van der Waals surface area contributed by atoms with Crippen LogP contribution in [-0.2, 0) is 6.42 Å². The normalized spacial score (nSPS) is 17.6. The Balaban J connectivity index is 1.60. The maximum absolute atomic E-state index is 3.80. The van der Waals surface area contributed by atoms with Gasteiger partial charge >= 0.3 is 0 Å². The van der Waals surface area contributed by atoms with Crippen LogP contribution < -0.4 is 5.32 Å². The van der Waals surface area contributed by atoms with Crippen LogP contribution in [0.3, 0.4) is 0 Å². The topological polar surface area (TPSA) is 43.6 Å². The van der Waals surface area contributed by atoms with Gasteiger partial charge in [0.25, 0.3) is 0 Å². The van der Waals surface area contributed by atoms with Crippen LogP contribution in [-0.4, -0.2) is 9.97 Å². The first-order chi connectivity index (χ1) is 13.3. The second kappa shape index (κ2) is 6.93. The summed E-state index contributed by atoms with van der Waals surface area (Å²) in [7, 11) is 0. The number of aromatic amines is 2. The lowest BCUT2D eigenvalue weighted by Gasteiger charge is -2.32. The van der Waals surface area contributed by atoms with Gasteiger partial charge in [-0.15, -0.1) is 0 Å². The molecule has 3 N–H and O–H groups in total. The number of rotatable bonds is 4. The predicted molar refractivity (Wildman–Crippen MR) is 115 cm³/mol. The zero-order valence-corrected chi connectivity index (χ0v) is 16.6. The first-order valence-electron chi connectivity index (χ1n) is 9.54. The summed E-state index contributed by atoms with van der Waals surface area (Å²) in [5, 5.41) is 5.16. The molecule has 4 heteroatoms. The molecule has 2 aromatic heterocycles. The molecule has 3 nitrogen and oxygen atoms in total. The van der Waals surface area contributed by atoms with E-state index >= 15 is 0 Å². The summed E-state index contributed by atoms with van der Waals surface area (Å²) in [5.41, 5.74) is 6.58. The van der Waals surface area contributed by atoms with Crippen LogP contribution >= 0.6 is 15.9 Å². The van der Waals surface area contributed by atoms with Crippen molar-refractivity contribution in [3.05, 3.63) is 88.3 Å². The number of fused-ring (bicyclic) bond motifs is 3. The number of aryl methyl sites for hydroxylation is 1. The lowest BCUT2D eigenvalue weighted by atomic mass is 9.80. The van der Waals surface area contributed by atoms with Gasteiger partial charge in [-0.2, -0.15) is 0 Å². The highest BCUT2D eigenvalue weighted by Crippen LogP contribution is 2.44. The molecule has 5 rings (SSSR count). The van der Waals surface area contributed by atoms with Gasteiger partial charge in [-0.3, -0.25) is 0 Å². The molecule has 27 heavy (non-hydrogen) atoms. The van der Waals surface area contributed by atoms with E-state index in [-0.39, 0.29) is 6.04 Å². The second-order valence-electron chi connectivity index (χ2n) is 7.34. The molecule has 0 saturated carbocycles. The number of halogens is 1. The van der Waals surface area contributed by atoms with Gasteiger partial charge in [-0.1, -0.05) is 34.1 Å². The maximum atomic E-state index is 3.80. The van der Waals surface area contributed by atoms with Crippen LogP contribution in [0.25, 0.3) is 10.9 Å². The zero-order chi connectivity index (χ0) is 18.2. The van der Waals surface area contributed by atoms with Crippen molar-refractivity contribution in [1.29, 1.82) is 0 Å². The van der Waals surface area contributed by atoms with Gasteiger partial charge < -0.3 is 15.3 Å². The molecule has 1 aliphatic carbocycles. The van der Waals surface area contributed by atoms with Crippen molar-refractivity contribution in [2.75, 3.05) is 5.32 Å². The largest absolute Gasteiger partial charge is 0.378 e. The molecule has 2 aromatic carbocycles. The summed E-state index contributed by atoms with van der Waals surface area (Å²) < 4.78 is 1.14. The van der Waals surface area contributed by atoms with Crippen molar-refractivity contribution in [3.63, 3.8) is 0 Å². The van der Waals surface area contributed by atoms with Gasteiger partial charge in [0, 0.05) is 45.1 Å². The Labute approximate surface area is 167 Å². The SMILES string of the molecule is Brc1ccc2[nH]c3c(c2c1)CCCC3C(Nc1ccccc1)c1cc[nH]c1. The molecule has 0 spiro atoms. The third kappa shape index (κ3) is 3.08. The molecule has 0 amide bonds. The van der Waals surface area contributed by atoms with E-state index in [2.05, 4.69) is 92.0 Å². The van der Waals surface area contributed by atoms with Crippen molar-refractivity contribution < 1.29 is 0 Å². The molecule has 0 bridgehead atoms. The first-order valence-corrected chi connectivity index (χ1v) is 10.3. The van der Waals surface area contributed by atoms with Crippen molar-refractivity contribution >= 4 is 32.5 Å². The van der Waals surface area contributed by atoms with Gasteiger partial charge in [0.15, 0.2) is 0 Å². The van der Waals surface area contributed by atoms with E-state index in [0.29, 0.717) is 5.92 Å². The average molecular weight is 420 g/mol. The maximum Gasteiger partial charge on any atom is 0.0611 e. The van der Waals surface area contributed by atoms with Gasteiger partial charge in [0.2, 0.25) is 0 Å². The van der Waals surface area contributed by atoms with Gasteiger partial charge in [0.05, 0.1) is 6.04 Å². The van der Waals surface area contributed by atoms with Crippen molar-refractivity contribution in [3.8, 4) is 0 Å². The monoisotopic (exact) mass is 419 g/mol. The fourth-order valence-electron chi connectivity index (χ4n) is 4.46. The summed E-state index contributed by atoms with van der Waals surface area (Å²) >= 11 is 3.63. The molecule has 0 fully saturated rings. The Bertz CT molecular complexity index is 1050. The Kier molecular flexibility index (Phi) is 4.29. The zero-order valence-electron chi connectivity index (χ0n) is 15.0. The van der Waals surface area contributed by atoms with Gasteiger partial charge in [0.1, 0.15) is 0 Å². The van der Waals surface area contributed by atoms with Gasteiger partial charge in [-0.25, -0.2) is 0 Å². The lowest BCUT2D eigenvalue weighted by Crippen LogP contribution is -2.23. The highest BCUT2D eigenvalue weighted by molar-refractivity contribution is 9.10. The van der Waals surface area contributed by atoms with Crippen LogP contribution in [0.2, 0.25) is 0 Å². The standard InChI is InChI=1S/C23H22BrN3/c24-16-9-10-21-20(13-16)18-7-4-8-19(23(18)27-21)22(15-11-12-25-14-15)26-17-5-2-1-3-6-17/h1-3,5-6,9-14,19,22,25-27H,4,7-8H2. The Morgan fingerprint density at radius 3 is 2.78 bits per heavy atom. The lowest BCUT2D eigenvalue weighted by molar-refractivity contribution is 0.488. The summed E-state index contributed by atoms with van der Waals surface area (Å²) in [4.78, 5) is 6.99. The van der Waals surface area contributed by atoms with E-state index in [1.165, 1.54) is 40.6 Å². The Morgan fingerprint density at radius 1 is 1.07 bits per heavy atom. The number of H-pyrrole nitrogens is 2. The number of benzene rings is 2. The molecule has 0 aliphatic heterocycles. The molecular weight excluding hydrogens is 398 g/mol. The third-order valence-electron chi connectivity index (χ3n) is 5.69. The van der Waals surface area contributed by atoms with E-state index < -0.39 is 0 Å². The fraction of sp³-hybridized carbons (Fsp3) is 0.217. The third-order valence-corrected chi connectivity index (χ3v) is 6.19. The predicted octanol–water partition coefficient (Wildman–Crippen LogP) is 6.53. The van der Waals surface area contributed by atoms with Crippen LogP contribution in [0.4, 0.5) is 5.69 Å². The van der Waals surface area contributed by atoms with Crippen molar-refractivity contribution in [1.82, 2.24) is 9.97 Å². The van der Waals surface area contributed by atoms with Gasteiger partial charge in [-0.05, 0) is 66.8 Å². The van der Waals surface area contributed by atoms with Crippen LogP contribution in [0.5, 0.6) is 0 Å². The van der Waals surface area contributed by atoms with E-state index in [1.54, 1.807) is 0 Å². The summed E-state index contributed by atoms with van der Waals surface area (Å²) in [6.07, 6.45) is 7.67. The summed E-state index contributed by atoms with van der Waals surface area (Å²) in [6.45, 7) is 0. The molecule has 4 aromatic rings.